The summed E-state index contributed by atoms with van der Waals surface area (Å²) in [7, 11) is 0. The van der Waals surface area contributed by atoms with Gasteiger partial charge < -0.3 is 19.6 Å². The van der Waals surface area contributed by atoms with E-state index in [1.165, 1.54) is 5.56 Å². The molecule has 1 aromatic carbocycles. The van der Waals surface area contributed by atoms with Crippen LogP contribution in [0.2, 0.25) is 0 Å². The lowest BCUT2D eigenvalue weighted by molar-refractivity contribution is -0.174. The van der Waals surface area contributed by atoms with E-state index >= 15 is 0 Å². The summed E-state index contributed by atoms with van der Waals surface area (Å²) in [5.74, 6) is -0.0755. The molecular formula is C27H29N3O5. The van der Waals surface area contributed by atoms with E-state index < -0.39 is 11.6 Å². The Morgan fingerprint density at radius 2 is 1.83 bits per heavy atom. The molecule has 2 aliphatic heterocycles. The first-order valence-corrected chi connectivity index (χ1v) is 12.0. The normalized spacial score (nSPS) is 23.3. The highest BCUT2D eigenvalue weighted by Crippen LogP contribution is 2.51. The molecule has 2 N–H and O–H groups in total. The van der Waals surface area contributed by atoms with Gasteiger partial charge in [-0.2, -0.15) is 0 Å². The molecule has 0 radical (unpaired) electrons. The van der Waals surface area contributed by atoms with Crippen molar-refractivity contribution in [1.82, 2.24) is 9.97 Å². The number of anilines is 1. The number of carbonyl (C=O) groups excluding carboxylic acids is 1. The third-order valence-corrected chi connectivity index (χ3v) is 7.42. The van der Waals surface area contributed by atoms with Crippen molar-refractivity contribution in [2.45, 2.75) is 63.4 Å². The summed E-state index contributed by atoms with van der Waals surface area (Å²) in [6.45, 7) is 4.22. The summed E-state index contributed by atoms with van der Waals surface area (Å²) in [5.41, 5.74) is 3.36. The van der Waals surface area contributed by atoms with E-state index in [1.807, 2.05) is 19.1 Å². The Bertz CT molecular complexity index is 1220. The van der Waals surface area contributed by atoms with Gasteiger partial charge in [-0.3, -0.25) is 14.6 Å². The van der Waals surface area contributed by atoms with Crippen molar-refractivity contribution in [1.29, 1.82) is 0 Å². The molecule has 182 valence electrons. The Labute approximate surface area is 203 Å². The molecule has 0 spiro atoms. The van der Waals surface area contributed by atoms with Crippen LogP contribution in [0.4, 0.5) is 5.69 Å². The van der Waals surface area contributed by atoms with Gasteiger partial charge in [0, 0.05) is 17.4 Å². The first kappa shape index (κ1) is 23.2. The number of rotatable bonds is 7. The third-order valence-electron chi connectivity index (χ3n) is 7.42. The molecule has 1 saturated carbocycles. The van der Waals surface area contributed by atoms with Crippen molar-refractivity contribution in [3.8, 4) is 11.3 Å². The number of aliphatic carboxylic acids is 1. The lowest BCUT2D eigenvalue weighted by Gasteiger charge is -2.53. The van der Waals surface area contributed by atoms with E-state index in [0.717, 1.165) is 36.9 Å². The van der Waals surface area contributed by atoms with Crippen LogP contribution in [0, 0.1) is 6.92 Å². The molecule has 2 saturated heterocycles. The van der Waals surface area contributed by atoms with Gasteiger partial charge in [-0.25, -0.2) is 4.98 Å². The summed E-state index contributed by atoms with van der Waals surface area (Å²) in [5, 5.41) is 12.0. The molecule has 1 amide bonds. The Morgan fingerprint density at radius 3 is 2.37 bits per heavy atom. The number of nitrogens with one attached hydrogen (secondary N) is 1. The quantitative estimate of drug-likeness (QED) is 0.499. The first-order valence-electron chi connectivity index (χ1n) is 12.0. The number of pyridine rings is 1. The zero-order chi connectivity index (χ0) is 24.6. The van der Waals surface area contributed by atoms with Crippen molar-refractivity contribution >= 4 is 17.6 Å². The number of oxazole rings is 1. The van der Waals surface area contributed by atoms with Crippen LogP contribution in [0.3, 0.4) is 0 Å². The number of carboxylic acid groups (broad SMARTS) is 1. The average Bonchev–Trinajstić information content (AvgIpc) is 3.26. The third kappa shape index (κ3) is 4.46. The zero-order valence-electron chi connectivity index (χ0n) is 20.0. The average molecular weight is 476 g/mol. The van der Waals surface area contributed by atoms with E-state index in [9.17, 15) is 14.7 Å². The van der Waals surface area contributed by atoms with Crippen LogP contribution in [-0.4, -0.2) is 39.2 Å². The molecule has 3 aromatic rings. The molecule has 0 atom stereocenters. The highest BCUT2D eigenvalue weighted by atomic mass is 16.5. The molecule has 0 unspecified atom stereocenters. The van der Waals surface area contributed by atoms with Crippen LogP contribution >= 0.6 is 0 Å². The minimum atomic E-state index is -0.791. The molecule has 3 aliphatic rings. The van der Waals surface area contributed by atoms with E-state index in [0.29, 0.717) is 30.4 Å². The smallest absolute Gasteiger partial charge is 0.306 e. The molecule has 8 heteroatoms. The van der Waals surface area contributed by atoms with Crippen LogP contribution in [0.25, 0.3) is 11.3 Å². The number of hydrogen-bond acceptors (Lipinski definition) is 6. The molecule has 3 fully saturated rings. The van der Waals surface area contributed by atoms with E-state index in [-0.39, 0.29) is 23.4 Å². The topological polar surface area (TPSA) is 115 Å². The van der Waals surface area contributed by atoms with Crippen molar-refractivity contribution in [2.75, 3.05) is 11.9 Å². The summed E-state index contributed by atoms with van der Waals surface area (Å²) in [6.07, 6.45) is 5.79. The molecule has 4 heterocycles. The summed E-state index contributed by atoms with van der Waals surface area (Å²) >= 11 is 0. The van der Waals surface area contributed by atoms with Gasteiger partial charge in [0.1, 0.15) is 5.76 Å². The molecule has 8 nitrogen and oxygen atoms in total. The second-order valence-electron chi connectivity index (χ2n) is 9.65. The molecular weight excluding hydrogens is 446 g/mol. The standard InChI is InChI=1S/C27H29N3O5/c1-3-22-30-24(17(2)35-22)25(33)29-20-8-9-21(28-15-20)18-4-6-19(7-5-18)26-10-12-27(13-11-26,34-16-26)14-23(31)32/h4-9,15H,3,10-14,16H2,1-2H3,(H,29,33)(H,31,32). The predicted molar refractivity (Wildman–Crippen MR) is 129 cm³/mol. The maximum atomic E-state index is 12.5. The summed E-state index contributed by atoms with van der Waals surface area (Å²) in [6, 6.07) is 12.1. The number of benzene rings is 1. The highest BCUT2D eigenvalue weighted by molar-refractivity contribution is 6.03. The number of amides is 1. The van der Waals surface area contributed by atoms with Crippen LogP contribution in [0.15, 0.2) is 47.0 Å². The van der Waals surface area contributed by atoms with Gasteiger partial charge in [0.05, 0.1) is 36.2 Å². The largest absolute Gasteiger partial charge is 0.481 e. The Kier molecular flexibility index (Phi) is 5.92. The monoisotopic (exact) mass is 475 g/mol. The SMILES string of the molecule is CCc1nc(C(=O)Nc2ccc(-c3ccc(C45CCC(CC(=O)O)(CC4)OC5)cc3)nc2)c(C)o1. The molecule has 2 aromatic heterocycles. The van der Waals surface area contributed by atoms with Crippen LogP contribution in [-0.2, 0) is 21.4 Å². The van der Waals surface area contributed by atoms with Crippen molar-refractivity contribution in [3.63, 3.8) is 0 Å². The second-order valence-corrected chi connectivity index (χ2v) is 9.65. The van der Waals surface area contributed by atoms with Gasteiger partial charge in [0.15, 0.2) is 11.6 Å². The van der Waals surface area contributed by atoms with Crippen LogP contribution < -0.4 is 5.32 Å². The number of aryl methyl sites for hydroxylation is 2. The lowest BCUT2D eigenvalue weighted by atomic mass is 9.62. The number of fused-ring (bicyclic) bond motifs is 3. The number of aromatic nitrogens is 2. The van der Waals surface area contributed by atoms with Gasteiger partial charge in [-0.15, -0.1) is 0 Å². The molecule has 6 rings (SSSR count). The second kappa shape index (κ2) is 8.92. The first-order chi connectivity index (χ1) is 16.8. The lowest BCUT2D eigenvalue weighted by Crippen LogP contribution is -2.54. The predicted octanol–water partition coefficient (Wildman–Crippen LogP) is 4.92. The molecule has 1 aliphatic carbocycles. The van der Waals surface area contributed by atoms with Crippen molar-refractivity contribution in [2.24, 2.45) is 0 Å². The Balaban J connectivity index is 1.25. The van der Waals surface area contributed by atoms with E-state index in [1.54, 1.807) is 13.1 Å². The van der Waals surface area contributed by atoms with E-state index in [2.05, 4.69) is 39.6 Å². The summed E-state index contributed by atoms with van der Waals surface area (Å²) < 4.78 is 11.6. The Hall–Kier alpha value is -3.52. The fourth-order valence-corrected chi connectivity index (χ4v) is 5.28. The van der Waals surface area contributed by atoms with E-state index in [4.69, 9.17) is 9.15 Å². The number of ether oxygens (including phenoxy) is 1. The molecule has 2 bridgehead atoms. The van der Waals surface area contributed by atoms with Crippen LogP contribution in [0.5, 0.6) is 0 Å². The van der Waals surface area contributed by atoms with Crippen molar-refractivity contribution in [3.05, 3.63) is 65.5 Å². The number of nitrogens with zero attached hydrogens (tertiary/aromatic N) is 2. The maximum absolute atomic E-state index is 12.5. The zero-order valence-corrected chi connectivity index (χ0v) is 20.0. The highest BCUT2D eigenvalue weighted by Gasteiger charge is 2.51. The summed E-state index contributed by atoms with van der Waals surface area (Å²) in [4.78, 5) is 32.5. The van der Waals surface area contributed by atoms with Gasteiger partial charge in [0.25, 0.3) is 5.91 Å². The number of carbonyl (C=O) groups is 2. The fraction of sp³-hybridized carbons (Fsp3) is 0.407. The Morgan fingerprint density at radius 1 is 1.09 bits per heavy atom. The number of hydrogen-bond donors (Lipinski definition) is 2. The minimum Gasteiger partial charge on any atom is -0.481 e. The van der Waals surface area contributed by atoms with Gasteiger partial charge in [-0.05, 0) is 50.3 Å². The van der Waals surface area contributed by atoms with Gasteiger partial charge >= 0.3 is 5.97 Å². The minimum absolute atomic E-state index is 0.0444. The van der Waals surface area contributed by atoms with Gasteiger partial charge in [-0.1, -0.05) is 31.2 Å². The van der Waals surface area contributed by atoms with Crippen LogP contribution in [0.1, 0.15) is 66.7 Å². The fourth-order valence-electron chi connectivity index (χ4n) is 5.28. The van der Waals surface area contributed by atoms with Crippen molar-refractivity contribution < 1.29 is 23.8 Å². The number of carboxylic acids is 1. The van der Waals surface area contributed by atoms with Gasteiger partial charge in [0.2, 0.25) is 0 Å². The molecule has 35 heavy (non-hydrogen) atoms. The maximum Gasteiger partial charge on any atom is 0.306 e.